The Morgan fingerprint density at radius 1 is 0.950 bits per heavy atom. The summed E-state index contributed by atoms with van der Waals surface area (Å²) in [5, 5.41) is 0. The van der Waals surface area contributed by atoms with Gasteiger partial charge in [-0.1, -0.05) is 42.5 Å². The fourth-order valence-electron chi connectivity index (χ4n) is 2.79. The molecule has 0 saturated heterocycles. The molecule has 2 aromatic carbocycles. The van der Waals surface area contributed by atoms with Crippen molar-refractivity contribution in [2.45, 2.75) is 12.3 Å². The molecule has 0 aromatic heterocycles. The molecule has 3 rings (SSSR count). The molecule has 0 heterocycles. The molecule has 0 saturated carbocycles. The van der Waals surface area contributed by atoms with Crippen molar-refractivity contribution in [3.8, 4) is 11.5 Å². The van der Waals surface area contributed by atoms with Gasteiger partial charge in [-0.25, -0.2) is 0 Å². The quantitative estimate of drug-likeness (QED) is 0.783. The first-order valence-electron chi connectivity index (χ1n) is 6.80. The van der Waals surface area contributed by atoms with Crippen molar-refractivity contribution in [1.82, 2.24) is 0 Å². The largest absolute Gasteiger partial charge is 0.493 e. The van der Waals surface area contributed by atoms with Crippen LogP contribution in [0.1, 0.15) is 22.6 Å². The van der Waals surface area contributed by atoms with Gasteiger partial charge >= 0.3 is 0 Å². The van der Waals surface area contributed by atoms with Gasteiger partial charge in [0.15, 0.2) is 11.5 Å². The summed E-state index contributed by atoms with van der Waals surface area (Å²) in [6.45, 7) is 0. The van der Waals surface area contributed by atoms with Crippen LogP contribution in [0.4, 0.5) is 0 Å². The van der Waals surface area contributed by atoms with Gasteiger partial charge in [0, 0.05) is 5.92 Å². The summed E-state index contributed by atoms with van der Waals surface area (Å²) >= 11 is 0. The third-order valence-electron chi connectivity index (χ3n) is 3.81. The monoisotopic (exact) mass is 266 g/mol. The van der Waals surface area contributed by atoms with Crippen molar-refractivity contribution < 1.29 is 9.47 Å². The second-order valence-corrected chi connectivity index (χ2v) is 4.93. The maximum atomic E-state index is 5.44. The van der Waals surface area contributed by atoms with Crippen LogP contribution in [-0.4, -0.2) is 14.2 Å². The number of methoxy groups -OCH3 is 2. The van der Waals surface area contributed by atoms with Crippen molar-refractivity contribution in [3.63, 3.8) is 0 Å². The second kappa shape index (κ2) is 5.41. The number of fused-ring (bicyclic) bond motifs is 1. The van der Waals surface area contributed by atoms with Crippen molar-refractivity contribution in [3.05, 3.63) is 71.3 Å². The van der Waals surface area contributed by atoms with E-state index in [1.165, 1.54) is 16.7 Å². The Hall–Kier alpha value is -2.22. The maximum absolute atomic E-state index is 5.44. The molecule has 0 amide bonds. The molecule has 1 aliphatic carbocycles. The third kappa shape index (κ3) is 2.18. The Labute approximate surface area is 119 Å². The zero-order valence-corrected chi connectivity index (χ0v) is 11.8. The van der Waals surface area contributed by atoms with Gasteiger partial charge in [-0.2, -0.15) is 0 Å². The standard InChI is InChI=1S/C18H18O2/c1-19-17-11-14-9-6-10-15(13-7-4-3-5-8-13)16(14)12-18(17)20-2/h3-8,10-12,15H,9H2,1-2H3/t15-/m0/s1. The van der Waals surface area contributed by atoms with Crippen LogP contribution in [0.5, 0.6) is 11.5 Å². The van der Waals surface area contributed by atoms with E-state index in [1.807, 2.05) is 6.07 Å². The summed E-state index contributed by atoms with van der Waals surface area (Å²) in [5.41, 5.74) is 3.91. The number of hydrogen-bond donors (Lipinski definition) is 0. The molecule has 0 N–H and O–H groups in total. The fraction of sp³-hybridized carbons (Fsp3) is 0.222. The van der Waals surface area contributed by atoms with E-state index in [0.717, 1.165) is 17.9 Å². The lowest BCUT2D eigenvalue weighted by molar-refractivity contribution is 0.354. The van der Waals surface area contributed by atoms with Gasteiger partial charge in [-0.15, -0.1) is 0 Å². The summed E-state index contributed by atoms with van der Waals surface area (Å²) in [6.07, 6.45) is 5.44. The lowest BCUT2D eigenvalue weighted by Gasteiger charge is -2.23. The maximum Gasteiger partial charge on any atom is 0.161 e. The predicted octanol–water partition coefficient (Wildman–Crippen LogP) is 3.95. The van der Waals surface area contributed by atoms with Crippen molar-refractivity contribution in [1.29, 1.82) is 0 Å². The number of benzene rings is 2. The molecular formula is C18H18O2. The molecule has 2 nitrogen and oxygen atoms in total. The minimum atomic E-state index is 0.291. The minimum absolute atomic E-state index is 0.291. The topological polar surface area (TPSA) is 18.5 Å². The molecule has 0 bridgehead atoms. The third-order valence-corrected chi connectivity index (χ3v) is 3.81. The molecule has 0 unspecified atom stereocenters. The highest BCUT2D eigenvalue weighted by atomic mass is 16.5. The van der Waals surface area contributed by atoms with E-state index in [-0.39, 0.29) is 0 Å². The summed E-state index contributed by atoms with van der Waals surface area (Å²) in [6, 6.07) is 14.7. The molecule has 1 atom stereocenters. The number of allylic oxidation sites excluding steroid dienone is 2. The molecule has 0 radical (unpaired) electrons. The Kier molecular flexibility index (Phi) is 3.46. The fourth-order valence-corrected chi connectivity index (χ4v) is 2.79. The minimum Gasteiger partial charge on any atom is -0.493 e. The molecule has 0 spiro atoms. The van der Waals surface area contributed by atoms with Gasteiger partial charge in [0.05, 0.1) is 14.2 Å². The average Bonchev–Trinajstić information content (AvgIpc) is 2.53. The summed E-state index contributed by atoms with van der Waals surface area (Å²) in [4.78, 5) is 0. The van der Waals surface area contributed by atoms with Gasteiger partial charge in [0.1, 0.15) is 0 Å². The molecule has 20 heavy (non-hydrogen) atoms. The van der Waals surface area contributed by atoms with Gasteiger partial charge in [0.2, 0.25) is 0 Å². The average molecular weight is 266 g/mol. The van der Waals surface area contributed by atoms with E-state index in [4.69, 9.17) is 9.47 Å². The van der Waals surface area contributed by atoms with Gasteiger partial charge in [-0.05, 0) is 35.2 Å². The van der Waals surface area contributed by atoms with Crippen LogP contribution < -0.4 is 9.47 Å². The lowest BCUT2D eigenvalue weighted by Crippen LogP contribution is -2.07. The first kappa shape index (κ1) is 12.8. The molecule has 2 heteroatoms. The van der Waals surface area contributed by atoms with Gasteiger partial charge < -0.3 is 9.47 Å². The Morgan fingerprint density at radius 2 is 1.65 bits per heavy atom. The summed E-state index contributed by atoms with van der Waals surface area (Å²) < 4.78 is 10.8. The van der Waals surface area contributed by atoms with E-state index in [9.17, 15) is 0 Å². The Balaban J connectivity index is 2.10. The molecule has 2 aromatic rings. The van der Waals surface area contributed by atoms with Crippen LogP contribution >= 0.6 is 0 Å². The van der Waals surface area contributed by atoms with E-state index < -0.39 is 0 Å². The number of hydrogen-bond acceptors (Lipinski definition) is 2. The second-order valence-electron chi connectivity index (χ2n) is 4.93. The van der Waals surface area contributed by atoms with Crippen LogP contribution in [-0.2, 0) is 6.42 Å². The van der Waals surface area contributed by atoms with E-state index in [1.54, 1.807) is 14.2 Å². The number of ether oxygens (including phenoxy) is 2. The van der Waals surface area contributed by atoms with Crippen LogP contribution in [0, 0.1) is 0 Å². The van der Waals surface area contributed by atoms with Crippen molar-refractivity contribution in [2.24, 2.45) is 0 Å². The number of rotatable bonds is 3. The predicted molar refractivity (Wildman–Crippen MR) is 80.7 cm³/mol. The van der Waals surface area contributed by atoms with Crippen LogP contribution in [0.25, 0.3) is 0 Å². The van der Waals surface area contributed by atoms with E-state index in [2.05, 4.69) is 48.6 Å². The highest BCUT2D eigenvalue weighted by Crippen LogP contribution is 2.39. The normalized spacial score (nSPS) is 16.6. The SMILES string of the molecule is COc1cc2c(cc1OC)[C@H](c1ccccc1)C=CC2. The molecule has 0 fully saturated rings. The first-order chi connectivity index (χ1) is 9.83. The highest BCUT2D eigenvalue weighted by molar-refractivity contribution is 5.54. The van der Waals surface area contributed by atoms with Crippen LogP contribution in [0.3, 0.4) is 0 Å². The Morgan fingerprint density at radius 3 is 2.35 bits per heavy atom. The van der Waals surface area contributed by atoms with Gasteiger partial charge in [-0.3, -0.25) is 0 Å². The molecule has 102 valence electrons. The lowest BCUT2D eigenvalue weighted by atomic mass is 9.83. The molecule has 0 aliphatic heterocycles. The van der Waals surface area contributed by atoms with E-state index >= 15 is 0 Å². The molecular weight excluding hydrogens is 248 g/mol. The molecule has 1 aliphatic rings. The smallest absolute Gasteiger partial charge is 0.161 e. The van der Waals surface area contributed by atoms with Crippen LogP contribution in [0.2, 0.25) is 0 Å². The van der Waals surface area contributed by atoms with Crippen molar-refractivity contribution in [2.75, 3.05) is 14.2 Å². The zero-order valence-electron chi connectivity index (χ0n) is 11.8. The Bertz CT molecular complexity index is 629. The van der Waals surface area contributed by atoms with E-state index in [0.29, 0.717) is 5.92 Å². The summed E-state index contributed by atoms with van der Waals surface area (Å²) in [5.74, 6) is 1.88. The summed E-state index contributed by atoms with van der Waals surface area (Å²) in [7, 11) is 3.36. The first-order valence-corrected chi connectivity index (χ1v) is 6.80. The zero-order chi connectivity index (χ0) is 13.9. The van der Waals surface area contributed by atoms with Crippen LogP contribution in [0.15, 0.2) is 54.6 Å². The highest BCUT2D eigenvalue weighted by Gasteiger charge is 2.20. The van der Waals surface area contributed by atoms with Crippen molar-refractivity contribution >= 4 is 0 Å². The van der Waals surface area contributed by atoms with Gasteiger partial charge in [0.25, 0.3) is 0 Å².